The molecule has 0 spiro atoms. The maximum atomic E-state index is 12.1. The largest absolute Gasteiger partial charge is 0.465 e. The molecule has 0 aliphatic rings. The number of ether oxygens (including phenoxy) is 1. The van der Waals surface area contributed by atoms with E-state index in [-0.39, 0.29) is 18.3 Å². The van der Waals surface area contributed by atoms with Gasteiger partial charge in [0.1, 0.15) is 11.2 Å². The zero-order valence-electron chi connectivity index (χ0n) is 12.6. The number of allylic oxidation sites excluding steroid dienone is 1. The van der Waals surface area contributed by atoms with E-state index < -0.39 is 11.4 Å². The van der Waals surface area contributed by atoms with Crippen molar-refractivity contribution in [1.29, 1.82) is 0 Å². The summed E-state index contributed by atoms with van der Waals surface area (Å²) in [6.07, 6.45) is 3.80. The van der Waals surface area contributed by atoms with Crippen molar-refractivity contribution < 1.29 is 14.3 Å². The smallest absolute Gasteiger partial charge is 0.319 e. The molecule has 0 amide bonds. The lowest BCUT2D eigenvalue weighted by Crippen LogP contribution is -2.41. The van der Waals surface area contributed by atoms with Gasteiger partial charge in [-0.2, -0.15) is 0 Å². The Balaban J connectivity index is 2.95. The summed E-state index contributed by atoms with van der Waals surface area (Å²) in [4.78, 5) is 24.0. The van der Waals surface area contributed by atoms with Gasteiger partial charge < -0.3 is 4.74 Å². The van der Waals surface area contributed by atoms with Crippen molar-refractivity contribution in [3.8, 4) is 0 Å². The molecule has 0 heterocycles. The fraction of sp³-hybridized carbons (Fsp3) is 0.412. The van der Waals surface area contributed by atoms with Gasteiger partial charge in [-0.05, 0) is 32.3 Å². The molecular weight excluding hydrogens is 252 g/mol. The van der Waals surface area contributed by atoms with Crippen LogP contribution in [0.25, 0.3) is 6.08 Å². The Labute approximate surface area is 120 Å². The molecule has 0 aromatic heterocycles. The van der Waals surface area contributed by atoms with E-state index in [2.05, 4.69) is 0 Å². The van der Waals surface area contributed by atoms with Crippen LogP contribution in [0, 0.1) is 11.3 Å². The van der Waals surface area contributed by atoms with Gasteiger partial charge in [0.15, 0.2) is 0 Å². The summed E-state index contributed by atoms with van der Waals surface area (Å²) in [5.41, 5.74) is -0.101. The number of carbonyl (C=O) groups excluding carboxylic acids is 2. The first-order chi connectivity index (χ1) is 9.42. The average Bonchev–Trinajstić information content (AvgIpc) is 2.44. The third-order valence-electron chi connectivity index (χ3n) is 3.72. The van der Waals surface area contributed by atoms with E-state index in [4.69, 9.17) is 4.74 Å². The van der Waals surface area contributed by atoms with E-state index in [0.717, 1.165) is 5.56 Å². The van der Waals surface area contributed by atoms with Gasteiger partial charge in [0, 0.05) is 0 Å². The van der Waals surface area contributed by atoms with E-state index in [0.29, 0.717) is 0 Å². The highest BCUT2D eigenvalue weighted by Gasteiger charge is 2.43. The minimum atomic E-state index is -1.14. The lowest BCUT2D eigenvalue weighted by atomic mass is 9.74. The topological polar surface area (TPSA) is 43.4 Å². The molecular formula is C17H22O3. The molecule has 1 unspecified atom stereocenters. The minimum Gasteiger partial charge on any atom is -0.465 e. The molecule has 0 bridgehead atoms. The summed E-state index contributed by atoms with van der Waals surface area (Å²) >= 11 is 0. The fourth-order valence-corrected chi connectivity index (χ4v) is 1.94. The molecule has 1 aromatic rings. The van der Waals surface area contributed by atoms with Crippen LogP contribution in [0.2, 0.25) is 0 Å². The molecule has 0 N–H and O–H groups in total. The van der Waals surface area contributed by atoms with Crippen LogP contribution < -0.4 is 0 Å². The van der Waals surface area contributed by atoms with E-state index in [1.165, 1.54) is 6.92 Å². The van der Waals surface area contributed by atoms with Crippen molar-refractivity contribution >= 4 is 17.8 Å². The maximum absolute atomic E-state index is 12.1. The molecule has 0 saturated heterocycles. The molecule has 0 aliphatic carbocycles. The monoisotopic (exact) mass is 274 g/mol. The fourth-order valence-electron chi connectivity index (χ4n) is 1.94. The van der Waals surface area contributed by atoms with Gasteiger partial charge in [0.05, 0.1) is 6.61 Å². The number of Topliss-reactive ketones (excluding diaryl/α,β-unsaturated/α-hetero) is 1. The van der Waals surface area contributed by atoms with Crippen molar-refractivity contribution in [3.63, 3.8) is 0 Å². The Kier molecular flexibility index (Phi) is 5.68. The van der Waals surface area contributed by atoms with Crippen LogP contribution >= 0.6 is 0 Å². The Morgan fingerprint density at radius 2 is 1.90 bits per heavy atom. The first kappa shape index (κ1) is 16.2. The van der Waals surface area contributed by atoms with Crippen molar-refractivity contribution in [2.45, 2.75) is 27.7 Å². The molecule has 2 atom stereocenters. The first-order valence-electron chi connectivity index (χ1n) is 6.84. The number of carbonyl (C=O) groups is 2. The van der Waals surface area contributed by atoms with Crippen LogP contribution in [0.5, 0.6) is 0 Å². The van der Waals surface area contributed by atoms with Crippen molar-refractivity contribution in [2.24, 2.45) is 11.3 Å². The summed E-state index contributed by atoms with van der Waals surface area (Å²) in [5, 5.41) is 0. The Bertz CT molecular complexity index is 490. The Morgan fingerprint density at radius 1 is 1.30 bits per heavy atom. The van der Waals surface area contributed by atoms with E-state index in [9.17, 15) is 9.59 Å². The normalized spacial score (nSPS) is 15.6. The van der Waals surface area contributed by atoms with Crippen molar-refractivity contribution in [3.05, 3.63) is 42.0 Å². The second-order valence-corrected chi connectivity index (χ2v) is 5.04. The van der Waals surface area contributed by atoms with Crippen LogP contribution in [0.15, 0.2) is 36.4 Å². The highest BCUT2D eigenvalue weighted by molar-refractivity contribution is 6.02. The third kappa shape index (κ3) is 3.56. The lowest BCUT2D eigenvalue weighted by molar-refractivity contribution is -0.160. The van der Waals surface area contributed by atoms with Crippen LogP contribution in [0.1, 0.15) is 33.3 Å². The number of ketones is 1. The van der Waals surface area contributed by atoms with Crippen LogP contribution in [-0.4, -0.2) is 18.4 Å². The van der Waals surface area contributed by atoms with Crippen molar-refractivity contribution in [2.75, 3.05) is 6.61 Å². The van der Waals surface area contributed by atoms with E-state index in [1.54, 1.807) is 13.8 Å². The van der Waals surface area contributed by atoms with Crippen molar-refractivity contribution in [1.82, 2.24) is 0 Å². The van der Waals surface area contributed by atoms with Gasteiger partial charge in [-0.15, -0.1) is 0 Å². The zero-order chi connectivity index (χ0) is 15.2. The molecule has 108 valence electrons. The summed E-state index contributed by atoms with van der Waals surface area (Å²) < 4.78 is 5.05. The Morgan fingerprint density at radius 3 is 2.40 bits per heavy atom. The highest BCUT2D eigenvalue weighted by atomic mass is 16.5. The second-order valence-electron chi connectivity index (χ2n) is 5.04. The predicted octanol–water partition coefficient (Wildman–Crippen LogP) is 3.49. The molecule has 20 heavy (non-hydrogen) atoms. The summed E-state index contributed by atoms with van der Waals surface area (Å²) in [5.74, 6) is -0.877. The van der Waals surface area contributed by atoms with Gasteiger partial charge >= 0.3 is 5.97 Å². The molecule has 0 aliphatic heterocycles. The molecule has 1 rings (SSSR count). The highest BCUT2D eigenvalue weighted by Crippen LogP contribution is 2.31. The number of rotatable bonds is 6. The standard InChI is InChI=1S/C17H22O3/c1-5-20-16(19)17(4,14(3)18)13(2)11-12-15-9-7-6-8-10-15/h6-13H,5H2,1-4H3/b12-11+/t13-,17?/m0/s1. The number of hydrogen-bond acceptors (Lipinski definition) is 3. The van der Waals surface area contributed by atoms with E-state index >= 15 is 0 Å². The zero-order valence-corrected chi connectivity index (χ0v) is 12.6. The quantitative estimate of drug-likeness (QED) is 0.589. The second kappa shape index (κ2) is 7.04. The van der Waals surface area contributed by atoms with Gasteiger partial charge in [0.2, 0.25) is 0 Å². The maximum Gasteiger partial charge on any atom is 0.319 e. The molecule has 0 fully saturated rings. The van der Waals surface area contributed by atoms with Gasteiger partial charge in [-0.1, -0.05) is 49.4 Å². The van der Waals surface area contributed by atoms with E-state index in [1.807, 2.05) is 49.4 Å². The number of esters is 1. The van der Waals surface area contributed by atoms with Crippen LogP contribution in [0.3, 0.4) is 0 Å². The lowest BCUT2D eigenvalue weighted by Gasteiger charge is -2.28. The summed E-state index contributed by atoms with van der Waals surface area (Å²) in [6, 6.07) is 9.77. The van der Waals surface area contributed by atoms with Gasteiger partial charge in [-0.25, -0.2) is 0 Å². The predicted molar refractivity (Wildman–Crippen MR) is 80.1 cm³/mol. The van der Waals surface area contributed by atoms with Crippen LogP contribution in [0.4, 0.5) is 0 Å². The third-order valence-corrected chi connectivity index (χ3v) is 3.72. The molecule has 0 saturated carbocycles. The summed E-state index contributed by atoms with van der Waals surface area (Å²) in [6.45, 7) is 6.95. The minimum absolute atomic E-state index is 0.179. The molecule has 3 heteroatoms. The number of benzene rings is 1. The van der Waals surface area contributed by atoms with Gasteiger partial charge in [0.25, 0.3) is 0 Å². The molecule has 0 radical (unpaired) electrons. The summed E-state index contributed by atoms with van der Waals surface area (Å²) in [7, 11) is 0. The SMILES string of the molecule is CCOC(=O)C(C)(C(C)=O)[C@@H](C)/C=C/c1ccccc1. The first-order valence-corrected chi connectivity index (χ1v) is 6.84. The van der Waals surface area contributed by atoms with Crippen LogP contribution in [-0.2, 0) is 14.3 Å². The van der Waals surface area contributed by atoms with Gasteiger partial charge in [-0.3, -0.25) is 9.59 Å². The Hall–Kier alpha value is -1.90. The average molecular weight is 274 g/mol. The molecule has 3 nitrogen and oxygen atoms in total. The number of hydrogen-bond donors (Lipinski definition) is 0. The molecule has 1 aromatic carbocycles.